The highest BCUT2D eigenvalue weighted by atomic mass is 35.5. The summed E-state index contributed by atoms with van der Waals surface area (Å²) in [6, 6.07) is 8.58. The molecule has 0 bridgehead atoms. The van der Waals surface area contributed by atoms with Crippen molar-refractivity contribution >= 4 is 17.4 Å². The van der Waals surface area contributed by atoms with Crippen LogP contribution in [-0.4, -0.2) is 10.9 Å². The Morgan fingerprint density at radius 2 is 2.12 bits per heavy atom. The number of nitrogens with zero attached hydrogens (tertiary/aromatic N) is 1. The zero-order chi connectivity index (χ0) is 12.1. The maximum Gasteiger partial charge on any atom is 0.181 e. The molecule has 0 atom stereocenters. The van der Waals surface area contributed by atoms with Gasteiger partial charge in [-0.15, -0.1) is 0 Å². The zero-order valence-electron chi connectivity index (χ0n) is 8.70. The summed E-state index contributed by atoms with van der Waals surface area (Å²) >= 11 is 5.88. The Bertz CT molecular complexity index is 482. The fraction of sp³-hybridized carbons (Fsp3) is 0.167. The molecule has 16 heavy (non-hydrogen) atoms. The van der Waals surface area contributed by atoms with Crippen molar-refractivity contribution < 1.29 is 9.90 Å². The summed E-state index contributed by atoms with van der Waals surface area (Å²) in [6.45, 7) is 1.31. The molecule has 0 heterocycles. The van der Waals surface area contributed by atoms with E-state index in [0.29, 0.717) is 10.6 Å². The third-order valence-corrected chi connectivity index (χ3v) is 2.43. The van der Waals surface area contributed by atoms with Crippen LogP contribution in [0.3, 0.4) is 0 Å². The quantitative estimate of drug-likeness (QED) is 0.498. The van der Waals surface area contributed by atoms with Crippen LogP contribution in [0.1, 0.15) is 12.5 Å². The number of aliphatic hydroxyl groups is 1. The molecule has 1 N–H and O–H groups in total. The summed E-state index contributed by atoms with van der Waals surface area (Å²) < 4.78 is 0. The predicted molar refractivity (Wildman–Crippen MR) is 61.1 cm³/mol. The summed E-state index contributed by atoms with van der Waals surface area (Å²) in [6.07, 6.45) is 0.0144. The normalized spacial score (nSPS) is 11.6. The fourth-order valence-electron chi connectivity index (χ4n) is 1.25. The van der Waals surface area contributed by atoms with Crippen molar-refractivity contribution in [1.29, 1.82) is 5.26 Å². The molecule has 0 aromatic heterocycles. The fourth-order valence-corrected chi connectivity index (χ4v) is 1.45. The van der Waals surface area contributed by atoms with Gasteiger partial charge >= 0.3 is 0 Å². The van der Waals surface area contributed by atoms with E-state index in [1.807, 2.05) is 0 Å². The number of nitriles is 1. The number of Topliss-reactive ketones (excluding diaryl/α,β-unsaturated/α-hetero) is 1. The highest BCUT2D eigenvalue weighted by molar-refractivity contribution is 6.31. The van der Waals surface area contributed by atoms with E-state index in [-0.39, 0.29) is 17.8 Å². The van der Waals surface area contributed by atoms with Crippen molar-refractivity contribution in [3.05, 3.63) is 46.2 Å². The lowest BCUT2D eigenvalue weighted by atomic mass is 10.0. The van der Waals surface area contributed by atoms with Crippen LogP contribution in [0.4, 0.5) is 0 Å². The molecule has 1 rings (SSSR count). The minimum absolute atomic E-state index is 0.0144. The van der Waals surface area contributed by atoms with Crippen molar-refractivity contribution in [2.75, 3.05) is 0 Å². The number of hydrogen-bond donors (Lipinski definition) is 1. The highest BCUT2D eigenvalue weighted by Gasteiger charge is 2.14. The van der Waals surface area contributed by atoms with Gasteiger partial charge in [0.05, 0.1) is 0 Å². The molecule has 4 heteroatoms. The minimum atomic E-state index is -0.435. The second kappa shape index (κ2) is 5.34. The molecule has 0 saturated heterocycles. The lowest BCUT2D eigenvalue weighted by molar-refractivity contribution is -0.114. The topological polar surface area (TPSA) is 61.1 Å². The largest absolute Gasteiger partial charge is 0.511 e. The van der Waals surface area contributed by atoms with Crippen molar-refractivity contribution in [2.45, 2.75) is 13.3 Å². The standard InChI is InChI=1S/C12H10ClNO2/c1-8(15)10(7-14)12(16)6-9-4-2-3-5-11(9)13/h2-5,15H,6H2,1H3/b10-8-. The van der Waals surface area contributed by atoms with Crippen molar-refractivity contribution in [3.8, 4) is 6.07 Å². The van der Waals surface area contributed by atoms with Gasteiger partial charge in [-0.05, 0) is 18.6 Å². The van der Waals surface area contributed by atoms with Crippen LogP contribution >= 0.6 is 11.6 Å². The van der Waals surface area contributed by atoms with E-state index >= 15 is 0 Å². The molecule has 1 aromatic carbocycles. The molecule has 3 nitrogen and oxygen atoms in total. The van der Waals surface area contributed by atoms with Gasteiger partial charge in [-0.2, -0.15) is 5.26 Å². The molecule has 0 aliphatic heterocycles. The van der Waals surface area contributed by atoms with Crippen LogP contribution in [0.25, 0.3) is 0 Å². The molecule has 82 valence electrons. The summed E-state index contributed by atoms with van der Waals surface area (Å²) in [5.41, 5.74) is 0.420. The van der Waals surface area contributed by atoms with Gasteiger partial charge in [0, 0.05) is 11.4 Å². The van der Waals surface area contributed by atoms with Crippen LogP contribution in [0.5, 0.6) is 0 Å². The number of hydrogen-bond acceptors (Lipinski definition) is 3. The Balaban J connectivity index is 2.93. The third-order valence-electron chi connectivity index (χ3n) is 2.06. The maximum absolute atomic E-state index is 11.6. The lowest BCUT2D eigenvalue weighted by Crippen LogP contribution is -2.07. The van der Waals surface area contributed by atoms with Gasteiger partial charge in [0.1, 0.15) is 17.4 Å². The number of allylic oxidation sites excluding steroid dienone is 2. The van der Waals surface area contributed by atoms with E-state index in [9.17, 15) is 4.79 Å². The van der Waals surface area contributed by atoms with Gasteiger partial charge in [-0.25, -0.2) is 0 Å². The molecule has 1 aromatic rings. The highest BCUT2D eigenvalue weighted by Crippen LogP contribution is 2.17. The van der Waals surface area contributed by atoms with Crippen LogP contribution in [0.15, 0.2) is 35.6 Å². The van der Waals surface area contributed by atoms with Gasteiger partial charge < -0.3 is 5.11 Å². The van der Waals surface area contributed by atoms with Gasteiger partial charge in [-0.3, -0.25) is 4.79 Å². The van der Waals surface area contributed by atoms with E-state index in [1.165, 1.54) is 6.92 Å². The zero-order valence-corrected chi connectivity index (χ0v) is 9.45. The Morgan fingerprint density at radius 1 is 1.50 bits per heavy atom. The first kappa shape index (κ1) is 12.3. The van der Waals surface area contributed by atoms with E-state index < -0.39 is 5.78 Å². The molecule has 0 fully saturated rings. The smallest absolute Gasteiger partial charge is 0.181 e. The Hall–Kier alpha value is -1.79. The first-order chi connectivity index (χ1) is 7.56. The monoisotopic (exact) mass is 235 g/mol. The van der Waals surface area contributed by atoms with Crippen LogP contribution in [-0.2, 0) is 11.2 Å². The van der Waals surface area contributed by atoms with Crippen molar-refractivity contribution in [1.82, 2.24) is 0 Å². The molecular formula is C12H10ClNO2. The van der Waals surface area contributed by atoms with Crippen LogP contribution in [0.2, 0.25) is 5.02 Å². The summed E-state index contributed by atoms with van der Waals surface area (Å²) in [4.78, 5) is 11.6. The molecule has 0 aliphatic carbocycles. The number of carbonyl (C=O) groups is 1. The minimum Gasteiger partial charge on any atom is -0.511 e. The Kier molecular flexibility index (Phi) is 4.10. The lowest BCUT2D eigenvalue weighted by Gasteiger charge is -2.02. The molecule has 0 spiro atoms. The van der Waals surface area contributed by atoms with E-state index in [2.05, 4.69) is 0 Å². The molecule has 0 amide bonds. The van der Waals surface area contributed by atoms with Gasteiger partial charge in [-0.1, -0.05) is 29.8 Å². The second-order valence-corrected chi connectivity index (χ2v) is 3.67. The first-order valence-corrected chi connectivity index (χ1v) is 5.00. The molecule has 0 aliphatic rings. The van der Waals surface area contributed by atoms with Gasteiger partial charge in [0.2, 0.25) is 0 Å². The van der Waals surface area contributed by atoms with Gasteiger partial charge in [0.25, 0.3) is 0 Å². The Morgan fingerprint density at radius 3 is 2.62 bits per heavy atom. The third kappa shape index (κ3) is 2.85. The number of benzene rings is 1. The number of carbonyl (C=O) groups excluding carboxylic acids is 1. The average molecular weight is 236 g/mol. The van der Waals surface area contributed by atoms with Crippen LogP contribution < -0.4 is 0 Å². The van der Waals surface area contributed by atoms with Crippen molar-refractivity contribution in [2.24, 2.45) is 0 Å². The Labute approximate surface area is 98.6 Å². The van der Waals surface area contributed by atoms with E-state index in [0.717, 1.165) is 0 Å². The summed E-state index contributed by atoms with van der Waals surface area (Å²) in [5, 5.41) is 18.3. The summed E-state index contributed by atoms with van der Waals surface area (Å²) in [5.74, 6) is -0.699. The van der Waals surface area contributed by atoms with Crippen LogP contribution in [0, 0.1) is 11.3 Å². The SMILES string of the molecule is C/C(O)=C(\C#N)C(=O)Cc1ccccc1Cl. The number of rotatable bonds is 3. The summed E-state index contributed by atoms with van der Waals surface area (Å²) in [7, 11) is 0. The molecule has 0 unspecified atom stereocenters. The van der Waals surface area contributed by atoms with Gasteiger partial charge in [0.15, 0.2) is 5.78 Å². The number of ketones is 1. The maximum atomic E-state index is 11.6. The van der Waals surface area contributed by atoms with E-state index in [1.54, 1.807) is 30.3 Å². The molecular weight excluding hydrogens is 226 g/mol. The van der Waals surface area contributed by atoms with E-state index in [4.69, 9.17) is 22.0 Å². The second-order valence-electron chi connectivity index (χ2n) is 3.26. The predicted octanol–water partition coefficient (Wildman–Crippen LogP) is 2.81. The molecule has 0 radical (unpaired) electrons. The van der Waals surface area contributed by atoms with Crippen molar-refractivity contribution in [3.63, 3.8) is 0 Å². The number of halogens is 1. The number of aliphatic hydroxyl groups excluding tert-OH is 1. The molecule has 0 saturated carbocycles. The average Bonchev–Trinajstić information content (AvgIpc) is 2.22. The first-order valence-electron chi connectivity index (χ1n) is 4.62.